The SMILES string of the molecule is CCOC(=O)c1cc(N2CCOCC2C)ccc1N. The molecule has 1 heterocycles. The summed E-state index contributed by atoms with van der Waals surface area (Å²) in [5.41, 5.74) is 7.70. The van der Waals surface area contributed by atoms with Crippen molar-refractivity contribution < 1.29 is 14.3 Å². The predicted molar refractivity (Wildman–Crippen MR) is 74.4 cm³/mol. The smallest absolute Gasteiger partial charge is 0.340 e. The largest absolute Gasteiger partial charge is 0.462 e. The van der Waals surface area contributed by atoms with Crippen molar-refractivity contribution >= 4 is 17.3 Å². The Bertz CT molecular complexity index is 462. The van der Waals surface area contributed by atoms with Gasteiger partial charge in [0.15, 0.2) is 0 Å². The van der Waals surface area contributed by atoms with Crippen LogP contribution in [-0.4, -0.2) is 38.4 Å². The van der Waals surface area contributed by atoms with Crippen LogP contribution in [0, 0.1) is 0 Å². The Morgan fingerprint density at radius 3 is 3.05 bits per heavy atom. The fourth-order valence-corrected chi connectivity index (χ4v) is 2.22. The molecular formula is C14H20N2O3. The monoisotopic (exact) mass is 264 g/mol. The van der Waals surface area contributed by atoms with E-state index in [0.29, 0.717) is 31.1 Å². The third kappa shape index (κ3) is 2.98. The van der Waals surface area contributed by atoms with E-state index >= 15 is 0 Å². The minimum Gasteiger partial charge on any atom is -0.462 e. The molecule has 1 unspecified atom stereocenters. The summed E-state index contributed by atoms with van der Waals surface area (Å²) in [6.45, 7) is 6.42. The molecule has 1 aliphatic rings. The molecule has 0 amide bonds. The van der Waals surface area contributed by atoms with Crippen LogP contribution in [0.1, 0.15) is 24.2 Å². The van der Waals surface area contributed by atoms with Gasteiger partial charge < -0.3 is 20.1 Å². The molecule has 19 heavy (non-hydrogen) atoms. The van der Waals surface area contributed by atoms with Crippen molar-refractivity contribution in [2.24, 2.45) is 0 Å². The number of ether oxygens (including phenoxy) is 2. The number of hydrogen-bond donors (Lipinski definition) is 1. The van der Waals surface area contributed by atoms with E-state index in [1.54, 1.807) is 19.1 Å². The Labute approximate surface area is 113 Å². The normalized spacial score (nSPS) is 19.3. The van der Waals surface area contributed by atoms with Gasteiger partial charge in [-0.1, -0.05) is 0 Å². The molecule has 1 aliphatic heterocycles. The van der Waals surface area contributed by atoms with E-state index in [9.17, 15) is 4.79 Å². The predicted octanol–water partition coefficient (Wildman–Crippen LogP) is 1.67. The minimum absolute atomic E-state index is 0.285. The Kier molecular flexibility index (Phi) is 4.27. The molecular weight excluding hydrogens is 244 g/mol. The summed E-state index contributed by atoms with van der Waals surface area (Å²) in [4.78, 5) is 14.1. The van der Waals surface area contributed by atoms with E-state index in [2.05, 4.69) is 11.8 Å². The molecule has 1 fully saturated rings. The van der Waals surface area contributed by atoms with Gasteiger partial charge in [-0.25, -0.2) is 4.79 Å². The van der Waals surface area contributed by atoms with Crippen LogP contribution in [-0.2, 0) is 9.47 Å². The zero-order valence-electron chi connectivity index (χ0n) is 11.4. The average molecular weight is 264 g/mol. The summed E-state index contributed by atoms with van der Waals surface area (Å²) >= 11 is 0. The molecule has 0 radical (unpaired) electrons. The van der Waals surface area contributed by atoms with E-state index in [1.807, 2.05) is 6.07 Å². The molecule has 1 saturated heterocycles. The van der Waals surface area contributed by atoms with Crippen LogP contribution in [0.5, 0.6) is 0 Å². The number of carbonyl (C=O) groups excluding carboxylic acids is 1. The summed E-state index contributed by atoms with van der Waals surface area (Å²) in [7, 11) is 0. The van der Waals surface area contributed by atoms with Gasteiger partial charge in [0.25, 0.3) is 0 Å². The lowest BCUT2D eigenvalue weighted by Crippen LogP contribution is -2.43. The van der Waals surface area contributed by atoms with Crippen LogP contribution in [0.25, 0.3) is 0 Å². The molecule has 0 bridgehead atoms. The molecule has 1 aromatic carbocycles. The lowest BCUT2D eigenvalue weighted by Gasteiger charge is -2.35. The number of carbonyl (C=O) groups is 1. The lowest BCUT2D eigenvalue weighted by molar-refractivity contribution is 0.0527. The van der Waals surface area contributed by atoms with E-state index in [4.69, 9.17) is 15.2 Å². The first-order chi connectivity index (χ1) is 9.13. The summed E-state index contributed by atoms with van der Waals surface area (Å²) < 4.78 is 10.4. The second kappa shape index (κ2) is 5.93. The first kappa shape index (κ1) is 13.7. The maximum absolute atomic E-state index is 11.8. The third-order valence-corrected chi connectivity index (χ3v) is 3.23. The Morgan fingerprint density at radius 1 is 1.58 bits per heavy atom. The van der Waals surface area contributed by atoms with Crippen molar-refractivity contribution in [1.29, 1.82) is 0 Å². The first-order valence-corrected chi connectivity index (χ1v) is 6.54. The first-order valence-electron chi connectivity index (χ1n) is 6.54. The van der Waals surface area contributed by atoms with Crippen molar-refractivity contribution in [1.82, 2.24) is 0 Å². The van der Waals surface area contributed by atoms with Gasteiger partial charge in [0.2, 0.25) is 0 Å². The molecule has 1 atom stereocenters. The molecule has 5 heteroatoms. The van der Waals surface area contributed by atoms with Gasteiger partial charge in [0, 0.05) is 24.0 Å². The van der Waals surface area contributed by atoms with Crippen molar-refractivity contribution in [3.05, 3.63) is 23.8 Å². The number of nitrogens with two attached hydrogens (primary N) is 1. The highest BCUT2D eigenvalue weighted by Crippen LogP contribution is 2.25. The summed E-state index contributed by atoms with van der Waals surface area (Å²) in [5, 5.41) is 0. The molecule has 2 N–H and O–H groups in total. The Balaban J connectivity index is 2.27. The molecule has 104 valence electrons. The van der Waals surface area contributed by atoms with Crippen LogP contribution in [0.4, 0.5) is 11.4 Å². The molecule has 0 saturated carbocycles. The van der Waals surface area contributed by atoms with Crippen molar-refractivity contribution in [3.8, 4) is 0 Å². The second-order valence-electron chi connectivity index (χ2n) is 4.61. The van der Waals surface area contributed by atoms with Gasteiger partial charge in [-0.15, -0.1) is 0 Å². The van der Waals surface area contributed by atoms with Gasteiger partial charge in [-0.05, 0) is 32.0 Å². The lowest BCUT2D eigenvalue weighted by atomic mass is 10.1. The average Bonchev–Trinajstić information content (AvgIpc) is 2.40. The number of benzene rings is 1. The van der Waals surface area contributed by atoms with Crippen LogP contribution < -0.4 is 10.6 Å². The highest BCUT2D eigenvalue weighted by Gasteiger charge is 2.21. The fraction of sp³-hybridized carbons (Fsp3) is 0.500. The summed E-state index contributed by atoms with van der Waals surface area (Å²) in [5.74, 6) is -0.372. The van der Waals surface area contributed by atoms with Gasteiger partial charge in [-0.3, -0.25) is 0 Å². The standard InChI is InChI=1S/C14H20N2O3/c1-3-19-14(17)12-8-11(4-5-13(12)15)16-6-7-18-9-10(16)2/h4-5,8,10H,3,6-7,9,15H2,1-2H3. The molecule has 0 spiro atoms. The Morgan fingerprint density at radius 2 is 2.37 bits per heavy atom. The zero-order chi connectivity index (χ0) is 13.8. The zero-order valence-corrected chi connectivity index (χ0v) is 11.4. The molecule has 0 aliphatic carbocycles. The number of anilines is 2. The van der Waals surface area contributed by atoms with Crippen LogP contribution in [0.2, 0.25) is 0 Å². The van der Waals surface area contributed by atoms with Crippen molar-refractivity contribution in [2.45, 2.75) is 19.9 Å². The van der Waals surface area contributed by atoms with Gasteiger partial charge in [0.05, 0.1) is 25.4 Å². The van der Waals surface area contributed by atoms with E-state index in [-0.39, 0.29) is 12.0 Å². The molecule has 2 rings (SSSR count). The third-order valence-electron chi connectivity index (χ3n) is 3.23. The maximum Gasteiger partial charge on any atom is 0.340 e. The fourth-order valence-electron chi connectivity index (χ4n) is 2.22. The number of morpholine rings is 1. The van der Waals surface area contributed by atoms with Gasteiger partial charge in [-0.2, -0.15) is 0 Å². The van der Waals surface area contributed by atoms with Gasteiger partial charge in [0.1, 0.15) is 0 Å². The van der Waals surface area contributed by atoms with E-state index in [0.717, 1.165) is 12.2 Å². The van der Waals surface area contributed by atoms with Crippen LogP contribution >= 0.6 is 0 Å². The van der Waals surface area contributed by atoms with Crippen LogP contribution in [0.15, 0.2) is 18.2 Å². The maximum atomic E-state index is 11.8. The van der Waals surface area contributed by atoms with Crippen molar-refractivity contribution in [3.63, 3.8) is 0 Å². The number of nitrogens with zero attached hydrogens (tertiary/aromatic N) is 1. The van der Waals surface area contributed by atoms with Crippen LogP contribution in [0.3, 0.4) is 0 Å². The highest BCUT2D eigenvalue weighted by atomic mass is 16.5. The van der Waals surface area contributed by atoms with E-state index < -0.39 is 0 Å². The number of esters is 1. The summed E-state index contributed by atoms with van der Waals surface area (Å²) in [6, 6.07) is 5.77. The topological polar surface area (TPSA) is 64.8 Å². The molecule has 1 aromatic rings. The van der Waals surface area contributed by atoms with Gasteiger partial charge >= 0.3 is 5.97 Å². The summed E-state index contributed by atoms with van der Waals surface area (Å²) in [6.07, 6.45) is 0. The van der Waals surface area contributed by atoms with E-state index in [1.165, 1.54) is 0 Å². The number of hydrogen-bond acceptors (Lipinski definition) is 5. The highest BCUT2D eigenvalue weighted by molar-refractivity contribution is 5.96. The molecule has 0 aromatic heterocycles. The minimum atomic E-state index is -0.372. The van der Waals surface area contributed by atoms with Crippen molar-refractivity contribution in [2.75, 3.05) is 37.0 Å². The molecule has 5 nitrogen and oxygen atoms in total. The second-order valence-corrected chi connectivity index (χ2v) is 4.61. The number of nitrogen functional groups attached to an aromatic ring is 1. The Hall–Kier alpha value is -1.75. The quantitative estimate of drug-likeness (QED) is 0.664. The number of rotatable bonds is 3.